The molecule has 0 aliphatic heterocycles. The molecule has 3 nitrogen and oxygen atoms in total. The lowest BCUT2D eigenvalue weighted by Crippen LogP contribution is -2.56. The summed E-state index contributed by atoms with van der Waals surface area (Å²) in [6, 6.07) is 3.32. The Labute approximate surface area is 117 Å². The fourth-order valence-corrected chi connectivity index (χ4v) is 2.64. The van der Waals surface area contributed by atoms with Crippen molar-refractivity contribution in [2.45, 2.75) is 50.7 Å². The zero-order valence-corrected chi connectivity index (χ0v) is 11.9. The van der Waals surface area contributed by atoms with Gasteiger partial charge in [-0.25, -0.2) is 8.78 Å². The Balaban J connectivity index is 2.43. The van der Waals surface area contributed by atoms with Crippen LogP contribution in [0.1, 0.15) is 39.2 Å². The molecule has 2 rings (SSSR count). The topological polar surface area (TPSA) is 52.3 Å². The van der Waals surface area contributed by atoms with E-state index in [0.29, 0.717) is 0 Å². The fourth-order valence-electron chi connectivity index (χ4n) is 2.64. The number of carbonyl (C=O) groups excluding carboxylic acids is 1. The van der Waals surface area contributed by atoms with Crippen molar-refractivity contribution in [3.05, 3.63) is 35.4 Å². The largest absolute Gasteiger partial charge is 0.459 e. The maximum Gasteiger partial charge on any atom is 0.317 e. The van der Waals surface area contributed by atoms with Crippen LogP contribution < -0.4 is 5.73 Å². The average molecular weight is 283 g/mol. The van der Waals surface area contributed by atoms with Crippen molar-refractivity contribution in [2.24, 2.45) is 5.73 Å². The lowest BCUT2D eigenvalue weighted by Gasteiger charge is -2.45. The van der Waals surface area contributed by atoms with Gasteiger partial charge in [-0.2, -0.15) is 0 Å². The van der Waals surface area contributed by atoms with Gasteiger partial charge in [-0.05, 0) is 45.7 Å². The van der Waals surface area contributed by atoms with Crippen LogP contribution in [0.5, 0.6) is 0 Å². The van der Waals surface area contributed by atoms with Gasteiger partial charge in [0.15, 0.2) is 0 Å². The van der Waals surface area contributed by atoms with Gasteiger partial charge in [0.1, 0.15) is 22.7 Å². The summed E-state index contributed by atoms with van der Waals surface area (Å²) in [6.07, 6.45) is 0.388. The van der Waals surface area contributed by atoms with Crippen LogP contribution in [-0.4, -0.2) is 17.6 Å². The van der Waals surface area contributed by atoms with Crippen molar-refractivity contribution in [3.8, 4) is 0 Å². The molecule has 0 spiro atoms. The molecule has 5 heteroatoms. The van der Waals surface area contributed by atoms with Crippen LogP contribution in [0, 0.1) is 11.6 Å². The highest BCUT2D eigenvalue weighted by Gasteiger charge is 2.54. The van der Waals surface area contributed by atoms with Gasteiger partial charge in [-0.1, -0.05) is 6.07 Å². The number of ether oxygens (including phenoxy) is 1. The highest BCUT2D eigenvalue weighted by Crippen LogP contribution is 2.46. The van der Waals surface area contributed by atoms with E-state index in [4.69, 9.17) is 10.5 Å². The summed E-state index contributed by atoms with van der Waals surface area (Å²) >= 11 is 0. The molecule has 1 saturated carbocycles. The molecule has 0 radical (unpaired) electrons. The third-order valence-corrected chi connectivity index (χ3v) is 3.45. The van der Waals surface area contributed by atoms with Crippen molar-refractivity contribution in [3.63, 3.8) is 0 Å². The van der Waals surface area contributed by atoms with Crippen LogP contribution in [-0.2, 0) is 14.9 Å². The van der Waals surface area contributed by atoms with E-state index in [-0.39, 0.29) is 24.4 Å². The van der Waals surface area contributed by atoms with Gasteiger partial charge < -0.3 is 10.5 Å². The van der Waals surface area contributed by atoms with Crippen LogP contribution in [0.25, 0.3) is 0 Å². The third-order valence-electron chi connectivity index (χ3n) is 3.45. The smallest absolute Gasteiger partial charge is 0.317 e. The predicted molar refractivity (Wildman–Crippen MR) is 71.1 cm³/mol. The summed E-state index contributed by atoms with van der Waals surface area (Å²) in [4.78, 5) is 12.4. The van der Waals surface area contributed by atoms with E-state index in [9.17, 15) is 13.6 Å². The average Bonchev–Trinajstić information content (AvgIpc) is 2.23. The van der Waals surface area contributed by atoms with E-state index >= 15 is 0 Å². The van der Waals surface area contributed by atoms with Crippen LogP contribution in [0.2, 0.25) is 0 Å². The Morgan fingerprint density at radius 1 is 1.30 bits per heavy atom. The van der Waals surface area contributed by atoms with Gasteiger partial charge in [0.2, 0.25) is 0 Å². The molecule has 1 aliphatic carbocycles. The minimum absolute atomic E-state index is 0.194. The second-order valence-electron chi connectivity index (χ2n) is 6.35. The lowest BCUT2D eigenvalue weighted by molar-refractivity contribution is -0.167. The second kappa shape index (κ2) is 4.81. The van der Waals surface area contributed by atoms with Gasteiger partial charge in [-0.3, -0.25) is 4.79 Å². The van der Waals surface area contributed by atoms with Gasteiger partial charge in [0, 0.05) is 11.6 Å². The number of rotatable bonds is 2. The number of carbonyl (C=O) groups is 1. The zero-order valence-electron chi connectivity index (χ0n) is 11.9. The molecule has 0 aromatic heterocycles. The summed E-state index contributed by atoms with van der Waals surface area (Å²) in [6.45, 7) is 5.15. The van der Waals surface area contributed by atoms with Gasteiger partial charge in [0.05, 0.1) is 0 Å². The first-order chi connectivity index (χ1) is 9.16. The summed E-state index contributed by atoms with van der Waals surface area (Å²) in [7, 11) is 0. The minimum Gasteiger partial charge on any atom is -0.459 e. The molecule has 0 heterocycles. The van der Waals surface area contributed by atoms with Crippen LogP contribution in [0.3, 0.4) is 0 Å². The standard InChI is InChI=1S/C15H19F2NO2/c1-14(2,3)20-13(19)15(7-9(18)8-15)12-10(16)5-4-6-11(12)17/h4-6,9H,7-8,18H2,1-3H3. The van der Waals surface area contributed by atoms with Crippen molar-refractivity contribution < 1.29 is 18.3 Å². The van der Waals surface area contributed by atoms with E-state index < -0.39 is 28.6 Å². The Morgan fingerprint density at radius 3 is 2.20 bits per heavy atom. The molecule has 1 aromatic carbocycles. The van der Waals surface area contributed by atoms with E-state index in [1.165, 1.54) is 6.07 Å². The van der Waals surface area contributed by atoms with Gasteiger partial charge in [-0.15, -0.1) is 0 Å². The minimum atomic E-state index is -1.30. The molecule has 110 valence electrons. The summed E-state index contributed by atoms with van der Waals surface area (Å²) in [5.74, 6) is -2.08. The third kappa shape index (κ3) is 2.54. The maximum absolute atomic E-state index is 14.0. The molecule has 0 unspecified atom stereocenters. The van der Waals surface area contributed by atoms with Crippen molar-refractivity contribution in [2.75, 3.05) is 0 Å². The normalized spacial score (nSPS) is 26.0. The Hall–Kier alpha value is -1.49. The van der Waals surface area contributed by atoms with E-state index in [0.717, 1.165) is 12.1 Å². The van der Waals surface area contributed by atoms with Crippen molar-refractivity contribution in [1.29, 1.82) is 0 Å². The molecular weight excluding hydrogens is 264 g/mol. The molecule has 0 saturated heterocycles. The second-order valence-corrected chi connectivity index (χ2v) is 6.35. The van der Waals surface area contributed by atoms with Crippen LogP contribution in [0.4, 0.5) is 8.78 Å². The summed E-state index contributed by atoms with van der Waals surface area (Å²) in [5.41, 5.74) is 3.49. The van der Waals surface area contributed by atoms with Crippen molar-refractivity contribution >= 4 is 5.97 Å². The fraction of sp³-hybridized carbons (Fsp3) is 0.533. The highest BCUT2D eigenvalue weighted by atomic mass is 19.1. The molecular formula is C15H19F2NO2. The number of halogens is 2. The molecule has 1 fully saturated rings. The predicted octanol–water partition coefficient (Wildman–Crippen LogP) is 2.67. The van der Waals surface area contributed by atoms with Crippen LogP contribution in [0.15, 0.2) is 18.2 Å². The van der Waals surface area contributed by atoms with Crippen LogP contribution >= 0.6 is 0 Å². The first kappa shape index (κ1) is 14.9. The lowest BCUT2D eigenvalue weighted by atomic mass is 9.61. The molecule has 20 heavy (non-hydrogen) atoms. The first-order valence-electron chi connectivity index (χ1n) is 6.59. The van der Waals surface area contributed by atoms with E-state index in [1.807, 2.05) is 0 Å². The Kier molecular flexibility index (Phi) is 3.58. The SMILES string of the molecule is CC(C)(C)OC(=O)C1(c2c(F)cccc2F)CC(N)C1. The number of nitrogens with two attached hydrogens (primary N) is 1. The van der Waals surface area contributed by atoms with Gasteiger partial charge >= 0.3 is 5.97 Å². The molecule has 1 aliphatic rings. The number of hydrogen-bond donors (Lipinski definition) is 1. The number of esters is 1. The van der Waals surface area contributed by atoms with E-state index in [2.05, 4.69) is 0 Å². The molecule has 0 atom stereocenters. The number of benzene rings is 1. The van der Waals surface area contributed by atoms with E-state index in [1.54, 1.807) is 20.8 Å². The molecule has 2 N–H and O–H groups in total. The van der Waals surface area contributed by atoms with Crippen molar-refractivity contribution in [1.82, 2.24) is 0 Å². The molecule has 0 bridgehead atoms. The maximum atomic E-state index is 14.0. The molecule has 1 aromatic rings. The quantitative estimate of drug-likeness (QED) is 0.849. The number of hydrogen-bond acceptors (Lipinski definition) is 3. The zero-order chi connectivity index (χ0) is 15.1. The summed E-state index contributed by atoms with van der Waals surface area (Å²) in [5, 5.41) is 0. The highest BCUT2D eigenvalue weighted by molar-refractivity contribution is 5.85. The summed E-state index contributed by atoms with van der Waals surface area (Å²) < 4.78 is 33.3. The Morgan fingerprint density at radius 2 is 1.80 bits per heavy atom. The first-order valence-corrected chi connectivity index (χ1v) is 6.59. The van der Waals surface area contributed by atoms with Gasteiger partial charge in [0.25, 0.3) is 0 Å². The Bertz CT molecular complexity index is 511. The molecule has 0 amide bonds. The monoisotopic (exact) mass is 283 g/mol.